The molecule has 2 saturated heterocycles. The zero-order valence-electron chi connectivity index (χ0n) is 21.2. The van der Waals surface area contributed by atoms with Crippen LogP contribution in [0.2, 0.25) is 0 Å². The summed E-state index contributed by atoms with van der Waals surface area (Å²) in [6.07, 6.45) is 9.66. The molecule has 1 atom stereocenters. The Labute approximate surface area is 218 Å². The lowest BCUT2D eigenvalue weighted by Gasteiger charge is -2.37. The number of rotatable bonds is 3. The number of amides is 3. The molecule has 10 nitrogen and oxygen atoms in total. The summed E-state index contributed by atoms with van der Waals surface area (Å²) in [5, 5.41) is 2.91. The highest BCUT2D eigenvalue weighted by molar-refractivity contribution is 7.85. The molecule has 3 aliphatic rings. The maximum Gasteiger partial charge on any atom is 0.330 e. The van der Waals surface area contributed by atoms with Gasteiger partial charge in [-0.1, -0.05) is 18.6 Å². The van der Waals surface area contributed by atoms with Gasteiger partial charge in [-0.3, -0.25) is 9.35 Å². The smallest absolute Gasteiger partial charge is 0.324 e. The van der Waals surface area contributed by atoms with Crippen molar-refractivity contribution < 1.29 is 22.6 Å². The van der Waals surface area contributed by atoms with Gasteiger partial charge in [0.15, 0.2) is 5.82 Å². The second kappa shape index (κ2) is 12.0. The van der Waals surface area contributed by atoms with Crippen LogP contribution in [0, 0.1) is 5.92 Å². The number of pyridine rings is 1. The van der Waals surface area contributed by atoms with E-state index in [2.05, 4.69) is 15.2 Å². The Bertz CT molecular complexity index is 1210. The molecule has 11 heteroatoms. The number of nitrogens with zero attached hydrogens (tertiary/aromatic N) is 4. The Hall–Kier alpha value is -3.02. The SMILES string of the molecule is CS(=O)(=O)O.O=C1Nc2cccnc2N(C(=O)N2CCCC(CCN3CCCCC3)C2)c2ccccc21. The van der Waals surface area contributed by atoms with Gasteiger partial charge in [0, 0.05) is 19.3 Å². The average molecular weight is 530 g/mol. The van der Waals surface area contributed by atoms with Crippen molar-refractivity contribution in [2.75, 3.05) is 49.2 Å². The summed E-state index contributed by atoms with van der Waals surface area (Å²) < 4.78 is 25.9. The summed E-state index contributed by atoms with van der Waals surface area (Å²) in [5.41, 5.74) is 1.63. The summed E-state index contributed by atoms with van der Waals surface area (Å²) in [7, 11) is -3.67. The van der Waals surface area contributed by atoms with E-state index in [1.165, 1.54) is 38.8 Å². The molecule has 3 aliphatic heterocycles. The summed E-state index contributed by atoms with van der Waals surface area (Å²) in [4.78, 5) is 37.3. The normalized spacial score (nSPS) is 20.1. The minimum absolute atomic E-state index is 0.100. The van der Waals surface area contributed by atoms with Crippen LogP contribution in [-0.4, -0.2) is 78.7 Å². The number of piperidine rings is 2. The first kappa shape index (κ1) is 27.0. The van der Waals surface area contributed by atoms with E-state index in [1.807, 2.05) is 23.1 Å². The van der Waals surface area contributed by atoms with Crippen molar-refractivity contribution in [2.45, 2.75) is 38.5 Å². The van der Waals surface area contributed by atoms with Crippen LogP contribution < -0.4 is 10.2 Å². The van der Waals surface area contributed by atoms with Crippen molar-refractivity contribution in [1.82, 2.24) is 14.8 Å². The molecule has 0 bridgehead atoms. The van der Waals surface area contributed by atoms with Gasteiger partial charge in [-0.05, 0) is 81.9 Å². The molecular weight excluding hydrogens is 494 g/mol. The number of carbonyl (C=O) groups is 2. The number of aromatic nitrogens is 1. The largest absolute Gasteiger partial charge is 0.330 e. The fourth-order valence-corrected chi connectivity index (χ4v) is 5.19. The molecule has 2 N–H and O–H groups in total. The molecule has 5 rings (SSSR count). The standard InChI is InChI=1S/C25H31N5O2.CH4O3S/c31-24-20-9-2-3-11-22(20)30(23-21(27-24)10-6-13-26-23)25(32)29-16-7-8-19(18-29)12-17-28-14-4-1-5-15-28;1-5(2,3)4/h2-3,6,9-11,13,19H,1,4-5,7-8,12,14-18H2,(H,27,31);1H3,(H,2,3,4). The topological polar surface area (TPSA) is 123 Å². The maximum absolute atomic E-state index is 13.9. The fraction of sp³-hybridized carbons (Fsp3) is 0.500. The number of nitrogens with one attached hydrogen (secondary N) is 1. The second-order valence-corrected chi connectivity index (χ2v) is 11.3. The van der Waals surface area contributed by atoms with E-state index < -0.39 is 10.1 Å². The number of carbonyl (C=O) groups excluding carboxylic acids is 2. The molecule has 1 unspecified atom stereocenters. The Kier molecular flexibility index (Phi) is 8.78. The lowest BCUT2D eigenvalue weighted by atomic mass is 9.94. The Morgan fingerprint density at radius 3 is 2.57 bits per heavy atom. The number of hydrogen-bond donors (Lipinski definition) is 2. The minimum Gasteiger partial charge on any atom is -0.324 e. The molecule has 1 aromatic carbocycles. The Morgan fingerprint density at radius 1 is 1.08 bits per heavy atom. The van der Waals surface area contributed by atoms with Gasteiger partial charge in [0.05, 0.1) is 23.2 Å². The van der Waals surface area contributed by atoms with Gasteiger partial charge in [-0.2, -0.15) is 8.42 Å². The quantitative estimate of drug-likeness (QED) is 0.576. The van der Waals surface area contributed by atoms with E-state index in [-0.39, 0.29) is 11.9 Å². The van der Waals surface area contributed by atoms with Crippen LogP contribution in [0.15, 0.2) is 42.6 Å². The molecule has 0 radical (unpaired) electrons. The molecule has 200 valence electrons. The highest BCUT2D eigenvalue weighted by Crippen LogP contribution is 2.37. The molecule has 4 heterocycles. The summed E-state index contributed by atoms with van der Waals surface area (Å²) in [5.74, 6) is 0.772. The minimum atomic E-state index is -3.67. The zero-order valence-corrected chi connectivity index (χ0v) is 22.0. The van der Waals surface area contributed by atoms with Crippen LogP contribution in [0.1, 0.15) is 48.9 Å². The third kappa shape index (κ3) is 7.27. The molecule has 2 aromatic rings. The first-order valence-electron chi connectivity index (χ1n) is 12.8. The van der Waals surface area contributed by atoms with E-state index in [0.717, 1.165) is 32.5 Å². The van der Waals surface area contributed by atoms with Gasteiger partial charge in [0.1, 0.15) is 0 Å². The van der Waals surface area contributed by atoms with Crippen molar-refractivity contribution in [1.29, 1.82) is 0 Å². The predicted octanol–water partition coefficient (Wildman–Crippen LogP) is 4.00. The molecule has 3 amide bonds. The van der Waals surface area contributed by atoms with Gasteiger partial charge < -0.3 is 15.1 Å². The van der Waals surface area contributed by atoms with Gasteiger partial charge in [-0.15, -0.1) is 0 Å². The number of hydrogen-bond acceptors (Lipinski definition) is 6. The summed E-state index contributed by atoms with van der Waals surface area (Å²) in [6, 6.07) is 10.7. The number of anilines is 3. The lowest BCUT2D eigenvalue weighted by Crippen LogP contribution is -2.47. The number of para-hydroxylation sites is 1. The van der Waals surface area contributed by atoms with E-state index in [9.17, 15) is 18.0 Å². The molecule has 2 fully saturated rings. The van der Waals surface area contributed by atoms with Crippen LogP contribution >= 0.6 is 0 Å². The predicted molar refractivity (Wildman–Crippen MR) is 143 cm³/mol. The van der Waals surface area contributed by atoms with Gasteiger partial charge >= 0.3 is 6.03 Å². The van der Waals surface area contributed by atoms with E-state index in [0.29, 0.717) is 34.9 Å². The van der Waals surface area contributed by atoms with Crippen LogP contribution in [0.3, 0.4) is 0 Å². The van der Waals surface area contributed by atoms with Gasteiger partial charge in [0.25, 0.3) is 16.0 Å². The second-order valence-electron chi connectivity index (χ2n) is 9.84. The van der Waals surface area contributed by atoms with Crippen LogP contribution in [0.4, 0.5) is 22.0 Å². The van der Waals surface area contributed by atoms with Crippen molar-refractivity contribution in [3.05, 3.63) is 48.2 Å². The van der Waals surface area contributed by atoms with Crippen LogP contribution in [0.5, 0.6) is 0 Å². The molecular formula is C26H35N5O5S. The molecule has 0 saturated carbocycles. The van der Waals surface area contributed by atoms with Crippen molar-refractivity contribution in [3.8, 4) is 0 Å². The van der Waals surface area contributed by atoms with Crippen molar-refractivity contribution in [3.63, 3.8) is 0 Å². The summed E-state index contributed by atoms with van der Waals surface area (Å²) >= 11 is 0. The number of urea groups is 1. The van der Waals surface area contributed by atoms with Gasteiger partial charge in [-0.25, -0.2) is 14.7 Å². The lowest BCUT2D eigenvalue weighted by molar-refractivity contribution is 0.102. The van der Waals surface area contributed by atoms with E-state index in [4.69, 9.17) is 4.55 Å². The monoisotopic (exact) mass is 529 g/mol. The molecule has 0 spiro atoms. The Morgan fingerprint density at radius 2 is 1.81 bits per heavy atom. The molecule has 1 aromatic heterocycles. The first-order chi connectivity index (χ1) is 17.7. The third-order valence-corrected chi connectivity index (χ3v) is 6.92. The first-order valence-corrected chi connectivity index (χ1v) is 14.6. The fourth-order valence-electron chi connectivity index (χ4n) is 5.19. The van der Waals surface area contributed by atoms with Gasteiger partial charge in [0.2, 0.25) is 0 Å². The third-order valence-electron chi connectivity index (χ3n) is 6.92. The van der Waals surface area contributed by atoms with E-state index >= 15 is 0 Å². The number of likely N-dealkylation sites (tertiary alicyclic amines) is 2. The number of benzene rings is 1. The molecule has 0 aliphatic carbocycles. The zero-order chi connectivity index (χ0) is 26.4. The van der Waals surface area contributed by atoms with Crippen molar-refractivity contribution >= 4 is 39.2 Å². The number of fused-ring (bicyclic) bond motifs is 2. The highest BCUT2D eigenvalue weighted by Gasteiger charge is 2.34. The maximum atomic E-state index is 13.9. The van der Waals surface area contributed by atoms with E-state index in [1.54, 1.807) is 29.3 Å². The van der Waals surface area contributed by atoms with Crippen molar-refractivity contribution in [2.24, 2.45) is 5.92 Å². The van der Waals surface area contributed by atoms with Crippen LogP contribution in [0.25, 0.3) is 0 Å². The average Bonchev–Trinajstić information content (AvgIpc) is 3.01. The summed E-state index contributed by atoms with van der Waals surface area (Å²) in [6.45, 7) is 5.05. The molecule has 37 heavy (non-hydrogen) atoms. The highest BCUT2D eigenvalue weighted by atomic mass is 32.2. The Balaban J connectivity index is 0.000000586. The van der Waals surface area contributed by atoms with Crippen LogP contribution in [-0.2, 0) is 10.1 Å².